The second-order valence-electron chi connectivity index (χ2n) is 2.31. The first-order chi connectivity index (χ1) is 5.42. The van der Waals surface area contributed by atoms with Crippen molar-refractivity contribution in [1.29, 1.82) is 0 Å². The molecule has 0 saturated heterocycles. The average molecular weight is 180 g/mol. The van der Waals surface area contributed by atoms with E-state index in [1.165, 1.54) is 15.0 Å². The molecular weight excluding hydrogens is 172 g/mol. The Morgan fingerprint density at radius 3 is 3.09 bits per heavy atom. The molecule has 0 N–H and O–H groups in total. The highest BCUT2D eigenvalue weighted by Gasteiger charge is 2.00. The summed E-state index contributed by atoms with van der Waals surface area (Å²) < 4.78 is 2.83. The van der Waals surface area contributed by atoms with Gasteiger partial charge in [-0.05, 0) is 18.4 Å². The zero-order chi connectivity index (χ0) is 7.68. The molecule has 0 aliphatic rings. The third-order valence-electron chi connectivity index (χ3n) is 1.55. The van der Waals surface area contributed by atoms with Gasteiger partial charge in [-0.15, -0.1) is 22.7 Å². The van der Waals surface area contributed by atoms with Gasteiger partial charge in [-0.1, -0.05) is 12.2 Å². The molecule has 0 bridgehead atoms. The van der Waals surface area contributed by atoms with Crippen molar-refractivity contribution in [3.8, 4) is 0 Å². The third-order valence-corrected chi connectivity index (χ3v) is 3.61. The van der Waals surface area contributed by atoms with E-state index >= 15 is 0 Å². The molecule has 0 aliphatic carbocycles. The molecule has 56 valence electrons. The summed E-state index contributed by atoms with van der Waals surface area (Å²) in [6, 6.07) is 2.18. The van der Waals surface area contributed by atoms with Crippen LogP contribution in [0.3, 0.4) is 0 Å². The van der Waals surface area contributed by atoms with Crippen molar-refractivity contribution in [2.75, 3.05) is 0 Å². The van der Waals surface area contributed by atoms with Crippen LogP contribution in [-0.2, 0) is 0 Å². The van der Waals surface area contributed by atoms with Gasteiger partial charge >= 0.3 is 0 Å². The van der Waals surface area contributed by atoms with E-state index in [-0.39, 0.29) is 0 Å². The van der Waals surface area contributed by atoms with Crippen molar-refractivity contribution in [3.05, 3.63) is 28.5 Å². The molecule has 0 aromatic carbocycles. The molecule has 0 aliphatic heterocycles. The van der Waals surface area contributed by atoms with Crippen LogP contribution in [-0.4, -0.2) is 0 Å². The minimum atomic E-state index is 1.36. The number of allylic oxidation sites excluding steroid dienone is 1. The Kier molecular flexibility index (Phi) is 1.80. The fourth-order valence-corrected chi connectivity index (χ4v) is 3.13. The Bertz CT molecular complexity index is 379. The lowest BCUT2D eigenvalue weighted by Crippen LogP contribution is -1.57. The molecule has 2 aromatic rings. The molecule has 2 heterocycles. The molecule has 2 aromatic heterocycles. The van der Waals surface area contributed by atoms with Crippen LogP contribution < -0.4 is 0 Å². The van der Waals surface area contributed by atoms with E-state index in [9.17, 15) is 0 Å². The van der Waals surface area contributed by atoms with Crippen LogP contribution in [0.2, 0.25) is 0 Å². The molecule has 0 nitrogen and oxygen atoms in total. The molecule has 2 heteroatoms. The summed E-state index contributed by atoms with van der Waals surface area (Å²) >= 11 is 3.64. The van der Waals surface area contributed by atoms with Crippen molar-refractivity contribution < 1.29 is 0 Å². The predicted octanol–water partition coefficient (Wildman–Crippen LogP) is 4.00. The second-order valence-corrected chi connectivity index (χ2v) is 4.13. The summed E-state index contributed by atoms with van der Waals surface area (Å²) in [6.07, 6.45) is 4.25. The monoisotopic (exact) mass is 180 g/mol. The van der Waals surface area contributed by atoms with Gasteiger partial charge < -0.3 is 0 Å². The summed E-state index contributed by atoms with van der Waals surface area (Å²) in [7, 11) is 0. The van der Waals surface area contributed by atoms with Crippen LogP contribution in [0.25, 0.3) is 15.5 Å². The van der Waals surface area contributed by atoms with Gasteiger partial charge in [0.2, 0.25) is 0 Å². The van der Waals surface area contributed by atoms with Crippen LogP contribution in [0.4, 0.5) is 0 Å². The Hall–Kier alpha value is -0.600. The normalized spacial score (nSPS) is 11.7. The minimum Gasteiger partial charge on any atom is -0.142 e. The Morgan fingerprint density at radius 1 is 1.36 bits per heavy atom. The standard InChI is InChI=1S/C9H8S2/c1-2-3-7-6-11-8-4-5-10-9(7)8/h2-6H,1H3/b3-2+. The second kappa shape index (κ2) is 2.80. The van der Waals surface area contributed by atoms with E-state index in [0.29, 0.717) is 0 Å². The first kappa shape index (κ1) is 7.07. The van der Waals surface area contributed by atoms with E-state index in [1.807, 2.05) is 22.7 Å². The number of rotatable bonds is 1. The Morgan fingerprint density at radius 2 is 2.27 bits per heavy atom. The lowest BCUT2D eigenvalue weighted by molar-refractivity contribution is 1.78. The molecular formula is C9H8S2. The summed E-state index contributed by atoms with van der Waals surface area (Å²) in [6.45, 7) is 2.05. The van der Waals surface area contributed by atoms with Crippen LogP contribution >= 0.6 is 22.7 Å². The van der Waals surface area contributed by atoms with Gasteiger partial charge in [-0.25, -0.2) is 0 Å². The van der Waals surface area contributed by atoms with Crippen LogP contribution in [0.1, 0.15) is 12.5 Å². The van der Waals surface area contributed by atoms with Crippen molar-refractivity contribution in [2.45, 2.75) is 6.92 Å². The maximum atomic E-state index is 2.21. The first-order valence-corrected chi connectivity index (χ1v) is 5.25. The quantitative estimate of drug-likeness (QED) is 0.622. The van der Waals surface area contributed by atoms with Gasteiger partial charge in [-0.2, -0.15) is 0 Å². The van der Waals surface area contributed by atoms with Gasteiger partial charge in [0.1, 0.15) is 0 Å². The SMILES string of the molecule is C/C=C/c1csc2ccsc12. The number of hydrogen-bond donors (Lipinski definition) is 0. The molecule has 0 atom stereocenters. The van der Waals surface area contributed by atoms with Crippen molar-refractivity contribution in [2.24, 2.45) is 0 Å². The third kappa shape index (κ3) is 1.12. The van der Waals surface area contributed by atoms with Gasteiger partial charge in [0.25, 0.3) is 0 Å². The highest BCUT2D eigenvalue weighted by Crippen LogP contribution is 2.31. The minimum absolute atomic E-state index is 1.36. The maximum Gasteiger partial charge on any atom is 0.0522 e. The summed E-state index contributed by atoms with van der Waals surface area (Å²) in [5.74, 6) is 0. The van der Waals surface area contributed by atoms with E-state index in [1.54, 1.807) is 0 Å². The molecule has 0 saturated carbocycles. The van der Waals surface area contributed by atoms with Crippen LogP contribution in [0.5, 0.6) is 0 Å². The molecule has 2 rings (SSSR count). The largest absolute Gasteiger partial charge is 0.142 e. The topological polar surface area (TPSA) is 0 Å². The highest BCUT2D eigenvalue weighted by atomic mass is 32.1. The fourth-order valence-electron chi connectivity index (χ4n) is 1.08. The highest BCUT2D eigenvalue weighted by molar-refractivity contribution is 7.26. The smallest absolute Gasteiger partial charge is 0.0522 e. The molecule has 11 heavy (non-hydrogen) atoms. The van der Waals surface area contributed by atoms with Crippen molar-refractivity contribution in [1.82, 2.24) is 0 Å². The van der Waals surface area contributed by atoms with Crippen molar-refractivity contribution in [3.63, 3.8) is 0 Å². The Labute approximate surface area is 73.8 Å². The summed E-state index contributed by atoms with van der Waals surface area (Å²) in [5, 5.41) is 4.36. The van der Waals surface area contributed by atoms with Gasteiger partial charge in [0.05, 0.1) is 4.70 Å². The van der Waals surface area contributed by atoms with E-state index in [0.717, 1.165) is 0 Å². The zero-order valence-corrected chi connectivity index (χ0v) is 7.84. The lowest BCUT2D eigenvalue weighted by atomic mass is 10.3. The average Bonchev–Trinajstić information content (AvgIpc) is 2.53. The van der Waals surface area contributed by atoms with E-state index in [2.05, 4.69) is 35.9 Å². The lowest BCUT2D eigenvalue weighted by Gasteiger charge is -1.81. The van der Waals surface area contributed by atoms with Crippen LogP contribution in [0, 0.1) is 0 Å². The molecule has 0 fully saturated rings. The summed E-state index contributed by atoms with van der Waals surface area (Å²) in [5.41, 5.74) is 1.36. The van der Waals surface area contributed by atoms with E-state index < -0.39 is 0 Å². The van der Waals surface area contributed by atoms with Gasteiger partial charge in [-0.3, -0.25) is 0 Å². The molecule has 0 radical (unpaired) electrons. The number of fused-ring (bicyclic) bond motifs is 1. The van der Waals surface area contributed by atoms with Gasteiger partial charge in [0, 0.05) is 15.6 Å². The van der Waals surface area contributed by atoms with Crippen molar-refractivity contribution >= 4 is 38.1 Å². The number of hydrogen-bond acceptors (Lipinski definition) is 2. The first-order valence-electron chi connectivity index (χ1n) is 3.49. The Balaban J connectivity index is 2.68. The zero-order valence-electron chi connectivity index (χ0n) is 6.20. The van der Waals surface area contributed by atoms with Gasteiger partial charge in [0.15, 0.2) is 0 Å². The molecule has 0 unspecified atom stereocenters. The molecule has 0 amide bonds. The summed E-state index contributed by atoms with van der Waals surface area (Å²) in [4.78, 5) is 0. The van der Waals surface area contributed by atoms with Crippen LogP contribution in [0.15, 0.2) is 22.9 Å². The predicted molar refractivity (Wildman–Crippen MR) is 54.4 cm³/mol. The maximum absolute atomic E-state index is 2.21. The number of thiophene rings is 2. The fraction of sp³-hybridized carbons (Fsp3) is 0.111. The van der Waals surface area contributed by atoms with E-state index in [4.69, 9.17) is 0 Å². The molecule has 0 spiro atoms.